The van der Waals surface area contributed by atoms with Crippen LogP contribution in [0.25, 0.3) is 0 Å². The number of aliphatic hydroxyl groups is 2. The van der Waals surface area contributed by atoms with Gasteiger partial charge < -0.3 is 19.7 Å². The molecule has 4 aliphatic rings. The van der Waals surface area contributed by atoms with Crippen molar-refractivity contribution in [1.29, 1.82) is 0 Å². The third-order valence-electron chi connectivity index (χ3n) is 9.73. The molecule has 4 rings (SSSR count). The van der Waals surface area contributed by atoms with Crippen LogP contribution in [-0.4, -0.2) is 142 Å². The van der Waals surface area contributed by atoms with Crippen molar-refractivity contribution in [3.05, 3.63) is 0 Å². The zero-order valence-electron chi connectivity index (χ0n) is 26.8. The molecule has 4 saturated carbocycles. The van der Waals surface area contributed by atoms with Crippen molar-refractivity contribution in [2.24, 2.45) is 0 Å². The predicted molar refractivity (Wildman–Crippen MR) is 118 cm³/mol. The number of hydrogen-bond acceptors (Lipinski definition) is 4. The number of alkyl halides is 32. The zero-order valence-corrected chi connectivity index (χ0v) is 26.8. The first-order valence-corrected chi connectivity index (χ1v) is 14.4. The van der Waals surface area contributed by atoms with Crippen molar-refractivity contribution in [1.82, 2.24) is 0 Å². The third-order valence-corrected chi connectivity index (χ3v) is 9.73. The highest BCUT2D eigenvalue weighted by Gasteiger charge is 3.23. The van der Waals surface area contributed by atoms with Crippen molar-refractivity contribution in [2.45, 2.75) is 131 Å². The van der Waals surface area contributed by atoms with Gasteiger partial charge >= 0.3 is 94.8 Å². The van der Waals surface area contributed by atoms with Crippen LogP contribution in [0, 0.1) is 0 Å². The lowest BCUT2D eigenvalue weighted by atomic mass is 9.39. The molecule has 0 spiro atoms. The molecule has 4 nitrogen and oxygen atoms in total. The van der Waals surface area contributed by atoms with E-state index in [0.29, 0.717) is 0 Å². The molecule has 0 amide bonds. The second-order valence-electron chi connectivity index (χ2n) is 13.1. The Bertz CT molecular complexity index is 1510. The van der Waals surface area contributed by atoms with Gasteiger partial charge in [-0.3, -0.25) is 0 Å². The summed E-state index contributed by atoms with van der Waals surface area (Å²) in [7, 11) is 0. The van der Waals surface area contributed by atoms with Crippen molar-refractivity contribution in [2.75, 3.05) is 13.2 Å². The maximum Gasteiger partial charge on any atom is 0.460 e. The smallest absolute Gasteiger partial charge is 0.394 e. The van der Waals surface area contributed by atoms with Crippen molar-refractivity contribution in [3.8, 4) is 0 Å². The molecule has 4 bridgehead atoms. The van der Waals surface area contributed by atoms with Crippen LogP contribution in [0.15, 0.2) is 0 Å². The van der Waals surface area contributed by atoms with E-state index in [0.717, 1.165) is 0 Å². The van der Waals surface area contributed by atoms with E-state index in [1.807, 2.05) is 0 Å². The molecule has 0 radical (unpaired) electrons. The quantitative estimate of drug-likeness (QED) is 0.171. The molecule has 356 valence electrons. The molecule has 2 atom stereocenters. The Balaban J connectivity index is 2.50. The highest BCUT2D eigenvalue weighted by Crippen LogP contribution is 2.89. The summed E-state index contributed by atoms with van der Waals surface area (Å²) in [5.41, 5.74) is -34.8. The first kappa shape index (κ1) is 51.9. The maximum atomic E-state index is 16.3. The number of rotatable bonds is 14. The van der Waals surface area contributed by atoms with E-state index >= 15 is 61.5 Å². The number of ether oxygens (including phenoxy) is 2. The van der Waals surface area contributed by atoms with Crippen molar-refractivity contribution in [3.63, 3.8) is 0 Å². The van der Waals surface area contributed by atoms with E-state index < -0.39 is 144 Å². The Hall–Kier alpha value is -2.40. The normalized spacial score (nSPS) is 33.5. The van der Waals surface area contributed by atoms with E-state index in [1.165, 1.54) is 0 Å². The molecule has 0 saturated heterocycles. The summed E-state index contributed by atoms with van der Waals surface area (Å²) in [4.78, 5) is 0. The fraction of sp³-hybridized carbons (Fsp3) is 1.00. The molecule has 2 N–H and O–H groups in total. The largest absolute Gasteiger partial charge is 0.460 e. The molecule has 2 unspecified atom stereocenters. The van der Waals surface area contributed by atoms with Crippen LogP contribution in [0.4, 0.5) is 140 Å². The zero-order chi connectivity index (χ0) is 48.4. The lowest BCUT2D eigenvalue weighted by Crippen LogP contribution is -3.11. The van der Waals surface area contributed by atoms with E-state index in [-0.39, 0.29) is 0 Å². The Morgan fingerprint density at radius 2 is 0.550 bits per heavy atom. The van der Waals surface area contributed by atoms with Gasteiger partial charge in [-0.15, -0.1) is 0 Å². The van der Waals surface area contributed by atoms with Gasteiger partial charge in [-0.2, -0.15) is 132 Å². The molecule has 0 aromatic carbocycles. The molecule has 0 aliphatic heterocycles. The van der Waals surface area contributed by atoms with Crippen molar-refractivity contribution >= 4 is 0 Å². The van der Waals surface area contributed by atoms with Crippen LogP contribution < -0.4 is 0 Å². The Labute approximate surface area is 305 Å². The average molecular weight is 972 g/mol. The molecule has 0 aromatic rings. The lowest BCUT2D eigenvalue weighted by Gasteiger charge is -2.76. The molecule has 36 heteroatoms. The maximum absolute atomic E-state index is 16.3. The molecular formula is C24H12F32O4. The van der Waals surface area contributed by atoms with E-state index in [2.05, 4.69) is 9.47 Å². The summed E-state index contributed by atoms with van der Waals surface area (Å²) in [6.45, 7) is -7.09. The summed E-state index contributed by atoms with van der Waals surface area (Å²) in [6, 6.07) is 0. The second kappa shape index (κ2) is 12.7. The van der Waals surface area contributed by atoms with E-state index in [4.69, 9.17) is 10.2 Å². The monoisotopic (exact) mass is 972 g/mol. The van der Waals surface area contributed by atoms with Gasteiger partial charge in [0, 0.05) is 12.8 Å². The third kappa shape index (κ3) is 4.92. The van der Waals surface area contributed by atoms with Gasteiger partial charge in [-0.05, 0) is 0 Å². The first-order valence-electron chi connectivity index (χ1n) is 14.4. The van der Waals surface area contributed by atoms with Crippen molar-refractivity contribution < 1.29 is 160 Å². The molecule has 0 aromatic heterocycles. The minimum absolute atomic E-state index is 2.71. The van der Waals surface area contributed by atoms with Crippen LogP contribution in [0.5, 0.6) is 0 Å². The second-order valence-corrected chi connectivity index (χ2v) is 13.1. The topological polar surface area (TPSA) is 58.9 Å². The van der Waals surface area contributed by atoms with Crippen LogP contribution in [-0.2, 0) is 9.47 Å². The highest BCUT2D eigenvalue weighted by molar-refractivity contribution is 5.54. The molecule has 4 aliphatic carbocycles. The first-order chi connectivity index (χ1) is 25.8. The number of aliphatic hydroxyl groups excluding tert-OH is 2. The summed E-state index contributed by atoms with van der Waals surface area (Å²) >= 11 is 0. The van der Waals surface area contributed by atoms with Crippen LogP contribution in [0.2, 0.25) is 0 Å². The van der Waals surface area contributed by atoms with E-state index in [9.17, 15) is 79.0 Å². The summed E-state index contributed by atoms with van der Waals surface area (Å²) in [5.74, 6) is -101. The summed E-state index contributed by atoms with van der Waals surface area (Å²) in [6.07, 6.45) is -35.3. The minimum Gasteiger partial charge on any atom is -0.394 e. The van der Waals surface area contributed by atoms with Gasteiger partial charge in [0.15, 0.2) is 0 Å². The SMILES string of the molecule is OCC(CC(F)(F)C(F)(F)C(F)(F)C(F)(F)F)OC12C(F)(F)C3(F)C(F)(F)C(F)(C1(F)F)C(F)(F)C(OC(CO)CC(F)(F)C(F)(F)C(F)(F)C(F)(F)F)(C3(F)F)C2(F)F. The van der Waals surface area contributed by atoms with E-state index in [1.54, 1.807) is 0 Å². The Morgan fingerprint density at radius 1 is 0.333 bits per heavy atom. The lowest BCUT2D eigenvalue weighted by molar-refractivity contribution is -0.634. The predicted octanol–water partition coefficient (Wildman–Crippen LogP) is 9.20. The minimum atomic E-state index is -8.94. The fourth-order valence-corrected chi connectivity index (χ4v) is 6.70. The molecule has 0 heterocycles. The van der Waals surface area contributed by atoms with Crippen LogP contribution in [0.1, 0.15) is 12.8 Å². The van der Waals surface area contributed by atoms with Gasteiger partial charge in [0.1, 0.15) is 0 Å². The van der Waals surface area contributed by atoms with Gasteiger partial charge in [0.05, 0.1) is 25.4 Å². The van der Waals surface area contributed by atoms with Crippen LogP contribution >= 0.6 is 0 Å². The fourth-order valence-electron chi connectivity index (χ4n) is 6.70. The molecular weight excluding hydrogens is 960 g/mol. The van der Waals surface area contributed by atoms with Gasteiger partial charge in [-0.25, -0.2) is 8.78 Å². The molecule has 4 fully saturated rings. The molecule has 60 heavy (non-hydrogen) atoms. The van der Waals surface area contributed by atoms with Gasteiger partial charge in [-0.1, -0.05) is 0 Å². The Morgan fingerprint density at radius 3 is 0.733 bits per heavy atom. The number of halogens is 32. The standard InChI is InChI=1S/C24H12F32O4/c25-7(26,13(31,32)21(47,48)23(51,52)53)1-5(3-57)59-11-16(37,38)9(29)15(35,36)10(30,17(11,39)40)19(43,44)12(18(9,41)42,20(11,45)46)60-6(4-58)2-8(27,28)14(33,34)22(49,50)24(54,55)56/h5-6,57-58H,1-4H2. The van der Waals surface area contributed by atoms with Gasteiger partial charge in [0.2, 0.25) is 0 Å². The number of hydrogen-bond donors (Lipinski definition) is 2. The summed E-state index contributed by atoms with van der Waals surface area (Å²) < 4.78 is 467. The average Bonchev–Trinajstić information content (AvgIpc) is 3.03. The summed E-state index contributed by atoms with van der Waals surface area (Å²) in [5, 5.41) is 18.2. The Kier molecular flexibility index (Phi) is 11.0. The van der Waals surface area contributed by atoms with Gasteiger partial charge in [0.25, 0.3) is 11.2 Å². The highest BCUT2D eigenvalue weighted by atomic mass is 19.4. The van der Waals surface area contributed by atoms with Crippen LogP contribution in [0.3, 0.4) is 0 Å².